The van der Waals surface area contributed by atoms with Crippen molar-refractivity contribution in [3.05, 3.63) is 65.8 Å². The molecular formula is C28H32O4. The molecule has 7 atom stereocenters. The third-order valence-electron chi connectivity index (χ3n) is 9.54. The second-order valence-corrected chi connectivity index (χ2v) is 11.0. The van der Waals surface area contributed by atoms with Crippen molar-refractivity contribution in [2.24, 2.45) is 28.6 Å². The molecule has 32 heavy (non-hydrogen) atoms. The highest BCUT2D eigenvalue weighted by Crippen LogP contribution is 2.70. The predicted octanol–water partition coefficient (Wildman–Crippen LogP) is 5.00. The summed E-state index contributed by atoms with van der Waals surface area (Å²) >= 11 is 0. The van der Waals surface area contributed by atoms with E-state index in [0.717, 1.165) is 31.4 Å². The molecule has 4 nitrogen and oxygen atoms in total. The van der Waals surface area contributed by atoms with E-state index >= 15 is 0 Å². The van der Waals surface area contributed by atoms with Gasteiger partial charge in [-0.25, -0.2) is 0 Å². The molecule has 0 radical (unpaired) electrons. The zero-order valence-corrected chi connectivity index (χ0v) is 19.1. The van der Waals surface area contributed by atoms with Crippen LogP contribution in [-0.2, 0) is 9.53 Å². The lowest BCUT2D eigenvalue weighted by Gasteiger charge is -2.54. The summed E-state index contributed by atoms with van der Waals surface area (Å²) in [6.45, 7) is 7.09. The Kier molecular flexibility index (Phi) is 4.12. The molecule has 4 heteroatoms. The average molecular weight is 433 g/mol. The highest BCUT2D eigenvalue weighted by molar-refractivity contribution is 6.01. The van der Waals surface area contributed by atoms with E-state index in [9.17, 15) is 9.90 Å². The Labute approximate surface area is 190 Å². The van der Waals surface area contributed by atoms with Crippen molar-refractivity contribution in [1.82, 2.24) is 0 Å². The van der Waals surface area contributed by atoms with Gasteiger partial charge in [0.15, 0.2) is 5.78 Å². The van der Waals surface area contributed by atoms with Gasteiger partial charge in [-0.3, -0.25) is 4.79 Å². The van der Waals surface area contributed by atoms with E-state index in [-0.39, 0.29) is 22.5 Å². The standard InChI is InChI=1S/C28H32O4/c1-18-15-24-22-10-9-19-16-20(29)11-13-25(19,2)23(22)12-14-26(24,3)28(18,30)27(17-31-27)32-21-7-5-4-6-8-21/h4-8,11-13,16,18,22,24,30H,9-10,14-15,17H2,1-3H3/t18-,22+,24-,25-,26-,27?,28+/m0/s1. The predicted molar refractivity (Wildman–Crippen MR) is 122 cm³/mol. The first kappa shape index (κ1) is 20.4. The van der Waals surface area contributed by atoms with E-state index in [1.807, 2.05) is 36.4 Å². The van der Waals surface area contributed by atoms with Crippen molar-refractivity contribution in [1.29, 1.82) is 0 Å². The SMILES string of the molecule is C[C@H]1C[C@H]2[C@@H]3CCC4=CC(=O)C=C[C@]4(C)C3=CC[C@]2(C)[C@@]1(O)C1(Oc2ccccc2)CO1. The molecule has 0 amide bonds. The van der Waals surface area contributed by atoms with E-state index in [4.69, 9.17) is 9.47 Å². The molecule has 1 aromatic carbocycles. The number of hydrogen-bond donors (Lipinski definition) is 1. The van der Waals surface area contributed by atoms with Crippen LogP contribution in [0.3, 0.4) is 0 Å². The molecule has 1 heterocycles. The molecule has 1 saturated heterocycles. The summed E-state index contributed by atoms with van der Waals surface area (Å²) in [5, 5.41) is 12.4. The summed E-state index contributed by atoms with van der Waals surface area (Å²) in [6, 6.07) is 9.72. The first-order valence-corrected chi connectivity index (χ1v) is 12.0. The Hall–Kier alpha value is -2.17. The zero-order chi connectivity index (χ0) is 22.4. The van der Waals surface area contributed by atoms with Gasteiger partial charge in [-0.15, -0.1) is 0 Å². The van der Waals surface area contributed by atoms with Crippen LogP contribution in [-0.4, -0.2) is 28.9 Å². The molecule has 3 fully saturated rings. The molecule has 0 bridgehead atoms. The largest absolute Gasteiger partial charge is 0.457 e. The van der Waals surface area contributed by atoms with Gasteiger partial charge in [0.25, 0.3) is 5.79 Å². The number of carbonyl (C=O) groups is 1. The minimum absolute atomic E-state index is 0.0599. The van der Waals surface area contributed by atoms with Gasteiger partial charge in [0, 0.05) is 10.8 Å². The fourth-order valence-electron chi connectivity index (χ4n) is 7.78. The van der Waals surface area contributed by atoms with E-state index in [1.54, 1.807) is 6.08 Å². The van der Waals surface area contributed by atoms with Crippen molar-refractivity contribution in [2.75, 3.05) is 6.61 Å². The number of carbonyl (C=O) groups excluding carboxylic acids is 1. The summed E-state index contributed by atoms with van der Waals surface area (Å²) in [4.78, 5) is 12.0. The minimum Gasteiger partial charge on any atom is -0.457 e. The van der Waals surface area contributed by atoms with Crippen LogP contribution in [0, 0.1) is 28.6 Å². The highest BCUT2D eigenvalue weighted by atomic mass is 16.8. The topological polar surface area (TPSA) is 59.1 Å². The molecule has 5 aliphatic rings. The van der Waals surface area contributed by atoms with Crippen LogP contribution < -0.4 is 4.74 Å². The maximum Gasteiger partial charge on any atom is 0.264 e. The maximum absolute atomic E-state index is 12.4. The highest BCUT2D eigenvalue weighted by Gasteiger charge is 2.78. The third kappa shape index (κ3) is 2.43. The number of rotatable bonds is 3. The number of para-hydroxylation sites is 1. The van der Waals surface area contributed by atoms with Crippen LogP contribution in [0.2, 0.25) is 0 Å². The summed E-state index contributed by atoms with van der Waals surface area (Å²) in [7, 11) is 0. The van der Waals surface area contributed by atoms with Crippen LogP contribution in [0.1, 0.15) is 46.5 Å². The molecule has 6 rings (SSSR count). The molecule has 2 saturated carbocycles. The summed E-state index contributed by atoms with van der Waals surface area (Å²) in [6.07, 6.45) is 11.8. The number of epoxide rings is 1. The van der Waals surface area contributed by atoms with E-state index < -0.39 is 11.4 Å². The monoisotopic (exact) mass is 432 g/mol. The number of allylic oxidation sites excluding steroid dienone is 6. The first-order chi connectivity index (χ1) is 15.2. The molecule has 1 aromatic rings. The third-order valence-corrected chi connectivity index (χ3v) is 9.54. The number of fused-ring (bicyclic) bond motifs is 5. The number of benzene rings is 1. The lowest BCUT2D eigenvalue weighted by Crippen LogP contribution is -2.62. The average Bonchev–Trinajstić information content (AvgIpc) is 3.52. The normalized spacial score (nSPS) is 46.5. The van der Waals surface area contributed by atoms with Crippen LogP contribution in [0.25, 0.3) is 0 Å². The Morgan fingerprint density at radius 1 is 1.19 bits per heavy atom. The fourth-order valence-corrected chi connectivity index (χ4v) is 7.78. The molecule has 0 aromatic heterocycles. The lowest BCUT2D eigenvalue weighted by atomic mass is 9.51. The van der Waals surface area contributed by atoms with Gasteiger partial charge < -0.3 is 14.6 Å². The van der Waals surface area contributed by atoms with Gasteiger partial charge in [-0.2, -0.15) is 0 Å². The van der Waals surface area contributed by atoms with E-state index in [0.29, 0.717) is 18.4 Å². The van der Waals surface area contributed by atoms with Gasteiger partial charge in [0.05, 0.1) is 0 Å². The van der Waals surface area contributed by atoms with E-state index in [2.05, 4.69) is 32.9 Å². The van der Waals surface area contributed by atoms with Gasteiger partial charge in [0.1, 0.15) is 18.0 Å². The summed E-state index contributed by atoms with van der Waals surface area (Å²) in [5.41, 5.74) is 1.10. The molecule has 1 aliphatic heterocycles. The van der Waals surface area contributed by atoms with Crippen molar-refractivity contribution < 1.29 is 19.4 Å². The number of hydrogen-bond acceptors (Lipinski definition) is 4. The Morgan fingerprint density at radius 2 is 1.94 bits per heavy atom. The van der Waals surface area contributed by atoms with Gasteiger partial charge in [0.2, 0.25) is 0 Å². The first-order valence-electron chi connectivity index (χ1n) is 12.0. The summed E-state index contributed by atoms with van der Waals surface area (Å²) in [5.74, 6) is 0.673. The smallest absolute Gasteiger partial charge is 0.264 e. The van der Waals surface area contributed by atoms with Crippen molar-refractivity contribution in [2.45, 2.75) is 57.8 Å². The van der Waals surface area contributed by atoms with Gasteiger partial charge >= 0.3 is 0 Å². The Bertz CT molecular complexity index is 1060. The zero-order valence-electron chi connectivity index (χ0n) is 19.1. The van der Waals surface area contributed by atoms with Crippen LogP contribution in [0.15, 0.2) is 65.8 Å². The van der Waals surface area contributed by atoms with Crippen LogP contribution >= 0.6 is 0 Å². The summed E-state index contributed by atoms with van der Waals surface area (Å²) < 4.78 is 12.4. The molecule has 4 aliphatic carbocycles. The van der Waals surface area contributed by atoms with Crippen LogP contribution in [0.4, 0.5) is 0 Å². The minimum atomic E-state index is -1.07. The second-order valence-electron chi connectivity index (χ2n) is 11.0. The molecule has 0 spiro atoms. The van der Waals surface area contributed by atoms with E-state index in [1.165, 1.54) is 11.1 Å². The lowest BCUT2D eigenvalue weighted by molar-refractivity contribution is -0.208. The van der Waals surface area contributed by atoms with Crippen molar-refractivity contribution >= 4 is 5.78 Å². The Morgan fingerprint density at radius 3 is 2.66 bits per heavy atom. The number of aliphatic hydroxyl groups is 1. The molecule has 1 unspecified atom stereocenters. The molecule has 1 N–H and O–H groups in total. The maximum atomic E-state index is 12.4. The fraction of sp³-hybridized carbons (Fsp3) is 0.536. The second kappa shape index (κ2) is 6.45. The molecular weight excluding hydrogens is 400 g/mol. The number of ether oxygens (including phenoxy) is 2. The number of ketones is 1. The van der Waals surface area contributed by atoms with Crippen molar-refractivity contribution in [3.8, 4) is 5.75 Å². The van der Waals surface area contributed by atoms with Crippen LogP contribution in [0.5, 0.6) is 5.75 Å². The van der Waals surface area contributed by atoms with Gasteiger partial charge in [-0.1, -0.05) is 55.3 Å². The quantitative estimate of drug-likeness (QED) is 0.540. The van der Waals surface area contributed by atoms with Gasteiger partial charge in [-0.05, 0) is 74.6 Å². The molecule has 168 valence electrons. The Balaban J connectivity index is 1.39. The van der Waals surface area contributed by atoms with Crippen molar-refractivity contribution in [3.63, 3.8) is 0 Å².